The first-order valence-corrected chi connectivity index (χ1v) is 9.72. The van der Waals surface area contributed by atoms with Gasteiger partial charge >= 0.3 is 6.09 Å². The van der Waals surface area contributed by atoms with Crippen molar-refractivity contribution in [3.63, 3.8) is 0 Å². The Kier molecular flexibility index (Phi) is 6.46. The molecule has 140 valence electrons. The van der Waals surface area contributed by atoms with Gasteiger partial charge in [0.25, 0.3) is 10.1 Å². The monoisotopic (exact) mass is 363 g/mol. The molecule has 1 amide bonds. The van der Waals surface area contributed by atoms with Gasteiger partial charge in [-0.25, -0.2) is 4.79 Å². The predicted molar refractivity (Wildman–Crippen MR) is 91.0 cm³/mol. The van der Waals surface area contributed by atoms with E-state index in [2.05, 4.69) is 6.58 Å². The third-order valence-electron chi connectivity index (χ3n) is 3.65. The molecule has 1 rings (SSSR count). The number of amides is 1. The van der Waals surface area contributed by atoms with Crippen molar-refractivity contribution >= 4 is 16.2 Å². The summed E-state index contributed by atoms with van der Waals surface area (Å²) in [4.78, 5) is 14.2. The van der Waals surface area contributed by atoms with E-state index < -0.39 is 27.5 Å². The first kappa shape index (κ1) is 20.9. The molecule has 0 aliphatic carbocycles. The van der Waals surface area contributed by atoms with Crippen LogP contribution in [0.25, 0.3) is 0 Å². The number of hydrogen-bond donors (Lipinski definition) is 0. The van der Waals surface area contributed by atoms with E-state index in [4.69, 9.17) is 13.7 Å². The quantitative estimate of drug-likeness (QED) is 0.533. The lowest BCUT2D eigenvalue weighted by Gasteiger charge is -2.37. The molecule has 7 nitrogen and oxygen atoms in total. The van der Waals surface area contributed by atoms with Crippen molar-refractivity contribution in [1.82, 2.24) is 4.90 Å². The maximum Gasteiger partial charge on any atom is 0.412 e. The van der Waals surface area contributed by atoms with E-state index in [1.807, 2.05) is 0 Å². The number of carbonyl (C=O) groups excluding carboxylic acids is 1. The highest BCUT2D eigenvalue weighted by molar-refractivity contribution is 7.85. The second-order valence-corrected chi connectivity index (χ2v) is 9.03. The Balaban J connectivity index is 2.89. The molecule has 0 spiro atoms. The minimum absolute atomic E-state index is 0.0224. The molecule has 1 aliphatic rings. The molecule has 8 heteroatoms. The van der Waals surface area contributed by atoms with Crippen LogP contribution in [0.4, 0.5) is 4.79 Å². The molecule has 0 aromatic rings. The Morgan fingerprint density at radius 1 is 1.46 bits per heavy atom. The van der Waals surface area contributed by atoms with Gasteiger partial charge in [-0.2, -0.15) is 8.42 Å². The van der Waals surface area contributed by atoms with E-state index in [1.54, 1.807) is 45.6 Å². The molecule has 0 saturated carbocycles. The number of carbonyl (C=O) groups is 1. The maximum absolute atomic E-state index is 12.6. The zero-order valence-electron chi connectivity index (χ0n) is 15.4. The fraction of sp³-hybridized carbons (Fsp3) is 0.812. The summed E-state index contributed by atoms with van der Waals surface area (Å²) >= 11 is 0. The third-order valence-corrected chi connectivity index (χ3v) is 4.25. The van der Waals surface area contributed by atoms with Gasteiger partial charge in [-0.15, -0.1) is 6.58 Å². The minimum atomic E-state index is -3.50. The second kappa shape index (κ2) is 7.41. The number of nitrogens with zero attached hydrogens (tertiary/aromatic N) is 1. The molecule has 24 heavy (non-hydrogen) atoms. The zero-order valence-corrected chi connectivity index (χ0v) is 16.2. The van der Waals surface area contributed by atoms with Crippen molar-refractivity contribution in [2.75, 3.05) is 19.5 Å². The summed E-state index contributed by atoms with van der Waals surface area (Å²) in [6.45, 7) is 13.1. The van der Waals surface area contributed by atoms with Gasteiger partial charge < -0.3 is 9.47 Å². The van der Waals surface area contributed by atoms with Gasteiger partial charge in [0, 0.05) is 5.92 Å². The topological polar surface area (TPSA) is 82.1 Å². The molecule has 2 atom stereocenters. The van der Waals surface area contributed by atoms with Crippen LogP contribution < -0.4 is 0 Å². The van der Waals surface area contributed by atoms with E-state index in [0.29, 0.717) is 13.0 Å². The summed E-state index contributed by atoms with van der Waals surface area (Å²) in [5.41, 5.74) is -1.44. The van der Waals surface area contributed by atoms with Crippen molar-refractivity contribution in [2.24, 2.45) is 5.92 Å². The van der Waals surface area contributed by atoms with Crippen LogP contribution in [-0.2, 0) is 23.8 Å². The van der Waals surface area contributed by atoms with Gasteiger partial charge in [0.05, 0.1) is 25.5 Å². The molecule has 0 unspecified atom stereocenters. The van der Waals surface area contributed by atoms with Gasteiger partial charge in [0.1, 0.15) is 11.3 Å². The second-order valence-electron chi connectivity index (χ2n) is 7.39. The Morgan fingerprint density at radius 3 is 2.50 bits per heavy atom. The smallest absolute Gasteiger partial charge is 0.412 e. The standard InChI is InChI=1S/C16H29NO6S/c1-8-12(9-10-22-24(7,19)20)13-11-21-16(5,6)17(13)14(18)23-15(2,3)4/h8,12-13H,1,9-11H2,2-7H3/t12-,13-/m1/s1. The lowest BCUT2D eigenvalue weighted by atomic mass is 9.96. The van der Waals surface area contributed by atoms with E-state index in [-0.39, 0.29) is 18.6 Å². The molecular weight excluding hydrogens is 334 g/mol. The van der Waals surface area contributed by atoms with E-state index in [9.17, 15) is 13.2 Å². The minimum Gasteiger partial charge on any atom is -0.444 e. The molecule has 1 fully saturated rings. The van der Waals surface area contributed by atoms with Gasteiger partial charge in [-0.05, 0) is 41.0 Å². The zero-order chi connectivity index (χ0) is 18.8. The van der Waals surface area contributed by atoms with Crippen LogP contribution in [0, 0.1) is 5.92 Å². The lowest BCUT2D eigenvalue weighted by Crippen LogP contribution is -2.51. The van der Waals surface area contributed by atoms with Crippen LogP contribution in [0.15, 0.2) is 12.7 Å². The molecule has 0 N–H and O–H groups in total. The summed E-state index contributed by atoms with van der Waals surface area (Å²) in [5, 5.41) is 0. The van der Waals surface area contributed by atoms with Gasteiger partial charge in [-0.3, -0.25) is 9.08 Å². The van der Waals surface area contributed by atoms with Crippen LogP contribution in [-0.4, -0.2) is 56.2 Å². The first-order valence-electron chi connectivity index (χ1n) is 7.90. The lowest BCUT2D eigenvalue weighted by molar-refractivity contribution is -0.0639. The van der Waals surface area contributed by atoms with Crippen molar-refractivity contribution in [3.05, 3.63) is 12.7 Å². The van der Waals surface area contributed by atoms with Crippen LogP contribution >= 0.6 is 0 Å². The van der Waals surface area contributed by atoms with E-state index in [0.717, 1.165) is 6.26 Å². The summed E-state index contributed by atoms with van der Waals surface area (Å²) in [6.07, 6.45) is 2.63. The van der Waals surface area contributed by atoms with Crippen LogP contribution in [0.3, 0.4) is 0 Å². The van der Waals surface area contributed by atoms with Crippen molar-refractivity contribution in [3.8, 4) is 0 Å². The average molecular weight is 363 g/mol. The highest BCUT2D eigenvalue weighted by Crippen LogP contribution is 2.34. The molecule has 1 aliphatic heterocycles. The number of rotatable bonds is 6. The van der Waals surface area contributed by atoms with Crippen LogP contribution in [0.5, 0.6) is 0 Å². The van der Waals surface area contributed by atoms with Crippen molar-refractivity contribution in [2.45, 2.75) is 58.4 Å². The molecule has 0 bridgehead atoms. The number of hydrogen-bond acceptors (Lipinski definition) is 6. The first-order chi connectivity index (χ1) is 10.8. The Morgan fingerprint density at radius 2 is 2.04 bits per heavy atom. The molecule has 0 aromatic carbocycles. The normalized spacial score (nSPS) is 22.2. The highest BCUT2D eigenvalue weighted by atomic mass is 32.2. The van der Waals surface area contributed by atoms with Crippen LogP contribution in [0.1, 0.15) is 41.0 Å². The molecule has 0 aromatic heterocycles. The SMILES string of the molecule is C=C[C@H](CCOS(C)(=O)=O)[C@H]1COC(C)(C)N1C(=O)OC(C)(C)C. The van der Waals surface area contributed by atoms with Crippen molar-refractivity contribution in [1.29, 1.82) is 0 Å². The maximum atomic E-state index is 12.6. The van der Waals surface area contributed by atoms with Gasteiger partial charge in [0.15, 0.2) is 0 Å². The Labute approximate surface area is 145 Å². The largest absolute Gasteiger partial charge is 0.444 e. The number of ether oxygens (including phenoxy) is 2. The van der Waals surface area contributed by atoms with Gasteiger partial charge in [0.2, 0.25) is 0 Å². The molecular formula is C16H29NO6S. The summed E-state index contributed by atoms with van der Waals surface area (Å²) in [7, 11) is -3.50. The van der Waals surface area contributed by atoms with Crippen LogP contribution in [0.2, 0.25) is 0 Å². The third kappa shape index (κ3) is 6.07. The molecule has 0 radical (unpaired) electrons. The predicted octanol–water partition coefficient (Wildman–Crippen LogP) is 2.53. The Bertz CT molecular complexity index is 564. The molecule has 1 saturated heterocycles. The van der Waals surface area contributed by atoms with Gasteiger partial charge in [-0.1, -0.05) is 6.08 Å². The summed E-state index contributed by atoms with van der Waals surface area (Å²) < 4.78 is 38.2. The summed E-state index contributed by atoms with van der Waals surface area (Å²) in [5.74, 6) is -0.180. The van der Waals surface area contributed by atoms with E-state index in [1.165, 1.54) is 0 Å². The fourth-order valence-electron chi connectivity index (χ4n) is 2.62. The van der Waals surface area contributed by atoms with E-state index >= 15 is 0 Å². The van der Waals surface area contributed by atoms with Crippen molar-refractivity contribution < 1.29 is 26.9 Å². The molecule has 1 heterocycles. The average Bonchev–Trinajstić information content (AvgIpc) is 2.67. The fourth-order valence-corrected chi connectivity index (χ4v) is 3.02. The summed E-state index contributed by atoms with van der Waals surface area (Å²) in [6, 6.07) is -0.296. The Hall–Kier alpha value is -1.12. The highest BCUT2D eigenvalue weighted by Gasteiger charge is 2.47.